The third kappa shape index (κ3) is 4.78. The summed E-state index contributed by atoms with van der Waals surface area (Å²) in [4.78, 5) is 6.53. The number of hydrogen-bond donors (Lipinski definition) is 1. The molecule has 2 N–H and O–H groups in total. The summed E-state index contributed by atoms with van der Waals surface area (Å²) in [5, 5.41) is 1.27. The first-order valence-corrected chi connectivity index (χ1v) is 10.0. The quantitative estimate of drug-likeness (QED) is 0.550. The molecule has 0 amide bonds. The fourth-order valence-corrected chi connectivity index (χ4v) is 3.99. The van der Waals surface area contributed by atoms with Crippen LogP contribution in [0.2, 0.25) is 10.0 Å². The Labute approximate surface area is 187 Å². The summed E-state index contributed by atoms with van der Waals surface area (Å²) >= 11 is 12.5. The number of nitrogens with zero attached hydrogens (tertiary/aromatic N) is 2. The number of anilines is 1. The molecule has 1 aliphatic rings. The van der Waals surface area contributed by atoms with E-state index in [-0.39, 0.29) is 18.5 Å². The largest absolute Gasteiger partial charge is 0.471 e. The molecule has 0 aliphatic carbocycles. The number of rotatable bonds is 5. The number of hydrogen-bond acceptors (Lipinski definition) is 4. The van der Waals surface area contributed by atoms with Gasteiger partial charge in [-0.1, -0.05) is 47.5 Å². The van der Waals surface area contributed by atoms with Crippen LogP contribution < -0.4 is 15.4 Å². The second-order valence-corrected chi connectivity index (χ2v) is 7.61. The Kier molecular flexibility index (Phi) is 7.25. The standard InChI is InChI=1S/C22H21Cl2N3O.ClH/c23-19-5-2-1-4-18(19)15-7-8-21(16(12-15)13-25)27-11-9-17(14-27)28-22-20(24)6-3-10-26-22;/h1-8,10,12,17H,9,11,13-14,25H2;1H. The van der Waals surface area contributed by atoms with Crippen LogP contribution in [0.4, 0.5) is 5.69 Å². The molecule has 3 aromatic rings. The Morgan fingerprint density at radius 2 is 1.86 bits per heavy atom. The molecule has 0 saturated carbocycles. The third-order valence-electron chi connectivity index (χ3n) is 4.97. The Bertz CT molecular complexity index is 983. The molecule has 4 nitrogen and oxygen atoms in total. The van der Waals surface area contributed by atoms with Crippen LogP contribution in [0, 0.1) is 0 Å². The highest BCUT2D eigenvalue weighted by atomic mass is 35.5. The molecule has 2 aromatic carbocycles. The van der Waals surface area contributed by atoms with Crippen molar-refractivity contribution in [2.45, 2.75) is 19.1 Å². The Hall–Kier alpha value is -1.98. The van der Waals surface area contributed by atoms with E-state index in [9.17, 15) is 0 Å². The maximum absolute atomic E-state index is 6.36. The molecule has 152 valence electrons. The molecule has 29 heavy (non-hydrogen) atoms. The van der Waals surface area contributed by atoms with Gasteiger partial charge in [-0.25, -0.2) is 4.98 Å². The zero-order valence-corrected chi connectivity index (χ0v) is 18.1. The molecular formula is C22H22Cl3N3O. The molecule has 1 aromatic heterocycles. The average molecular weight is 451 g/mol. The molecule has 1 fully saturated rings. The Balaban J connectivity index is 0.00000240. The lowest BCUT2D eigenvalue weighted by Gasteiger charge is -2.22. The van der Waals surface area contributed by atoms with Gasteiger partial charge in [-0.3, -0.25) is 0 Å². The van der Waals surface area contributed by atoms with Crippen LogP contribution in [0.15, 0.2) is 60.8 Å². The summed E-state index contributed by atoms with van der Waals surface area (Å²) in [6.45, 7) is 2.13. The van der Waals surface area contributed by atoms with E-state index < -0.39 is 0 Å². The predicted molar refractivity (Wildman–Crippen MR) is 123 cm³/mol. The van der Waals surface area contributed by atoms with E-state index in [0.717, 1.165) is 46.9 Å². The van der Waals surface area contributed by atoms with Crippen LogP contribution in [-0.2, 0) is 6.54 Å². The number of benzene rings is 2. The molecule has 1 atom stereocenters. The molecule has 1 unspecified atom stereocenters. The van der Waals surface area contributed by atoms with Crippen LogP contribution in [-0.4, -0.2) is 24.2 Å². The van der Waals surface area contributed by atoms with Crippen molar-refractivity contribution in [3.63, 3.8) is 0 Å². The molecule has 4 rings (SSSR count). The van der Waals surface area contributed by atoms with Crippen molar-refractivity contribution < 1.29 is 4.74 Å². The fourth-order valence-electron chi connectivity index (χ4n) is 3.58. The maximum atomic E-state index is 6.36. The van der Waals surface area contributed by atoms with E-state index >= 15 is 0 Å². The molecule has 0 spiro atoms. The highest BCUT2D eigenvalue weighted by Gasteiger charge is 2.26. The first-order valence-electron chi connectivity index (χ1n) is 9.25. The van der Waals surface area contributed by atoms with Crippen LogP contribution in [0.1, 0.15) is 12.0 Å². The second-order valence-electron chi connectivity index (χ2n) is 6.79. The van der Waals surface area contributed by atoms with Gasteiger partial charge < -0.3 is 15.4 Å². The van der Waals surface area contributed by atoms with E-state index in [1.807, 2.05) is 24.3 Å². The summed E-state index contributed by atoms with van der Waals surface area (Å²) in [5.74, 6) is 0.490. The van der Waals surface area contributed by atoms with Crippen molar-refractivity contribution >= 4 is 41.3 Å². The third-order valence-corrected chi connectivity index (χ3v) is 5.59. The first-order chi connectivity index (χ1) is 13.7. The number of aromatic nitrogens is 1. The van der Waals surface area contributed by atoms with Gasteiger partial charge in [0.15, 0.2) is 0 Å². The van der Waals surface area contributed by atoms with Gasteiger partial charge >= 0.3 is 0 Å². The van der Waals surface area contributed by atoms with E-state index in [4.69, 9.17) is 33.7 Å². The fraction of sp³-hybridized carbons (Fsp3) is 0.227. The molecule has 1 saturated heterocycles. The van der Waals surface area contributed by atoms with Gasteiger partial charge in [0.25, 0.3) is 0 Å². The number of ether oxygens (including phenoxy) is 1. The summed E-state index contributed by atoms with van der Waals surface area (Å²) in [7, 11) is 0. The van der Waals surface area contributed by atoms with Crippen LogP contribution in [0.5, 0.6) is 5.88 Å². The van der Waals surface area contributed by atoms with E-state index in [1.54, 1.807) is 18.3 Å². The van der Waals surface area contributed by atoms with Crippen LogP contribution >= 0.6 is 35.6 Å². The Morgan fingerprint density at radius 3 is 2.62 bits per heavy atom. The zero-order valence-electron chi connectivity index (χ0n) is 15.7. The normalized spacial score (nSPS) is 15.8. The lowest BCUT2D eigenvalue weighted by atomic mass is 10.0. The topological polar surface area (TPSA) is 51.4 Å². The first kappa shape index (κ1) is 21.7. The predicted octanol–water partition coefficient (Wildman–Crippen LogP) is 5.59. The SMILES string of the molecule is Cl.NCc1cc(-c2ccccc2Cl)ccc1N1CCC(Oc2ncccc2Cl)C1. The lowest BCUT2D eigenvalue weighted by Crippen LogP contribution is -2.26. The second kappa shape index (κ2) is 9.68. The molecule has 2 heterocycles. The average Bonchev–Trinajstić information content (AvgIpc) is 3.18. The van der Waals surface area contributed by atoms with Gasteiger partial charge in [0.2, 0.25) is 5.88 Å². The molecule has 0 radical (unpaired) electrons. The highest BCUT2D eigenvalue weighted by Crippen LogP contribution is 2.33. The minimum atomic E-state index is 0. The van der Waals surface area contributed by atoms with E-state index in [1.165, 1.54) is 0 Å². The highest BCUT2D eigenvalue weighted by molar-refractivity contribution is 6.33. The lowest BCUT2D eigenvalue weighted by molar-refractivity contribution is 0.216. The number of nitrogens with two attached hydrogens (primary N) is 1. The van der Waals surface area contributed by atoms with Crippen molar-refractivity contribution in [2.24, 2.45) is 5.73 Å². The van der Waals surface area contributed by atoms with Gasteiger partial charge in [-0.2, -0.15) is 0 Å². The van der Waals surface area contributed by atoms with Crippen molar-refractivity contribution in [1.29, 1.82) is 0 Å². The molecule has 0 bridgehead atoms. The summed E-state index contributed by atoms with van der Waals surface area (Å²) < 4.78 is 6.01. The van der Waals surface area contributed by atoms with Crippen molar-refractivity contribution in [3.05, 3.63) is 76.4 Å². The summed E-state index contributed by atoms with van der Waals surface area (Å²) in [6.07, 6.45) is 2.64. The van der Waals surface area contributed by atoms with Crippen molar-refractivity contribution in [3.8, 4) is 17.0 Å². The van der Waals surface area contributed by atoms with Gasteiger partial charge in [0, 0.05) is 42.0 Å². The van der Waals surface area contributed by atoms with E-state index in [0.29, 0.717) is 17.4 Å². The summed E-state index contributed by atoms with van der Waals surface area (Å²) in [6, 6.07) is 17.8. The van der Waals surface area contributed by atoms with E-state index in [2.05, 4.69) is 28.1 Å². The van der Waals surface area contributed by atoms with Gasteiger partial charge in [0.05, 0.1) is 6.54 Å². The van der Waals surface area contributed by atoms with Gasteiger partial charge in [-0.15, -0.1) is 12.4 Å². The molecule has 1 aliphatic heterocycles. The minimum absolute atomic E-state index is 0. The number of pyridine rings is 1. The minimum Gasteiger partial charge on any atom is -0.471 e. The molecule has 7 heteroatoms. The molecular weight excluding hydrogens is 429 g/mol. The van der Waals surface area contributed by atoms with Crippen LogP contribution in [0.3, 0.4) is 0 Å². The monoisotopic (exact) mass is 449 g/mol. The smallest absolute Gasteiger partial charge is 0.232 e. The Morgan fingerprint density at radius 1 is 1.07 bits per heavy atom. The number of halogens is 3. The summed E-state index contributed by atoms with van der Waals surface area (Å²) in [5.41, 5.74) is 10.4. The van der Waals surface area contributed by atoms with Crippen LogP contribution in [0.25, 0.3) is 11.1 Å². The maximum Gasteiger partial charge on any atom is 0.232 e. The zero-order chi connectivity index (χ0) is 19.5. The van der Waals surface area contributed by atoms with Gasteiger partial charge in [-0.05, 0) is 41.5 Å². The van der Waals surface area contributed by atoms with Crippen molar-refractivity contribution in [2.75, 3.05) is 18.0 Å². The van der Waals surface area contributed by atoms with Crippen molar-refractivity contribution in [1.82, 2.24) is 4.98 Å². The van der Waals surface area contributed by atoms with Gasteiger partial charge in [0.1, 0.15) is 11.1 Å².